The molecule has 0 aromatic carbocycles. The van der Waals surface area contributed by atoms with Crippen LogP contribution in [0.3, 0.4) is 0 Å². The monoisotopic (exact) mass is 912 g/mol. The van der Waals surface area contributed by atoms with Crippen LogP contribution in [0.1, 0.15) is 328 Å². The third kappa shape index (κ3) is 53.4. The van der Waals surface area contributed by atoms with Crippen LogP contribution in [0.15, 0.2) is 36.5 Å². The predicted octanol–water partition coefficient (Wildman–Crippen LogP) is 19.6. The number of hydrogen-bond donors (Lipinski definition) is 3. The Bertz CT molecular complexity index is 989. The molecule has 0 fully saturated rings. The van der Waals surface area contributed by atoms with Gasteiger partial charge in [0.05, 0.1) is 18.8 Å². The lowest BCUT2D eigenvalue weighted by Crippen LogP contribution is -2.45. The van der Waals surface area contributed by atoms with Crippen LogP contribution in [0.25, 0.3) is 0 Å². The first-order valence-electron chi connectivity index (χ1n) is 29.7. The summed E-state index contributed by atoms with van der Waals surface area (Å²) in [6.45, 7) is 4.37. The van der Waals surface area contributed by atoms with E-state index in [1.807, 2.05) is 0 Å². The molecule has 2 atom stereocenters. The number of aliphatic hydroxyl groups excluding tert-OH is 2. The molecule has 4 nitrogen and oxygen atoms in total. The first-order chi connectivity index (χ1) is 32.2. The average Bonchev–Trinajstić information content (AvgIpc) is 3.31. The first-order valence-corrected chi connectivity index (χ1v) is 29.7. The number of allylic oxidation sites excluding steroid dienone is 6. The van der Waals surface area contributed by atoms with Crippen molar-refractivity contribution in [2.24, 2.45) is 0 Å². The van der Waals surface area contributed by atoms with Crippen molar-refractivity contribution in [3.63, 3.8) is 0 Å². The zero-order valence-corrected chi connectivity index (χ0v) is 44.3. The zero-order valence-electron chi connectivity index (χ0n) is 44.3. The molecule has 4 heteroatoms. The van der Waals surface area contributed by atoms with Crippen molar-refractivity contribution in [1.82, 2.24) is 5.32 Å². The van der Waals surface area contributed by atoms with E-state index in [2.05, 4.69) is 55.6 Å². The summed E-state index contributed by atoms with van der Waals surface area (Å²) in [4.78, 5) is 12.5. The molecule has 0 rings (SSSR count). The number of amides is 1. The van der Waals surface area contributed by atoms with Gasteiger partial charge in [-0.1, -0.05) is 307 Å². The second-order valence-corrected chi connectivity index (χ2v) is 20.4. The molecule has 0 heterocycles. The van der Waals surface area contributed by atoms with Gasteiger partial charge in [0.25, 0.3) is 0 Å². The number of unbranched alkanes of at least 4 members (excludes halogenated alkanes) is 42. The zero-order chi connectivity index (χ0) is 47.0. The fraction of sp³-hybridized carbons (Fsp3) is 0.885. The number of carbonyl (C=O) groups is 1. The van der Waals surface area contributed by atoms with Gasteiger partial charge in [-0.2, -0.15) is 0 Å². The van der Waals surface area contributed by atoms with Gasteiger partial charge < -0.3 is 15.5 Å². The lowest BCUT2D eigenvalue weighted by Gasteiger charge is -2.22. The van der Waals surface area contributed by atoms with Crippen LogP contribution >= 0.6 is 0 Å². The molecule has 0 aliphatic rings. The quantitative estimate of drug-likeness (QED) is 0.0421. The molecule has 0 aliphatic heterocycles. The van der Waals surface area contributed by atoms with Crippen molar-refractivity contribution in [2.75, 3.05) is 6.61 Å². The third-order valence-corrected chi connectivity index (χ3v) is 13.9. The van der Waals surface area contributed by atoms with Gasteiger partial charge in [0.2, 0.25) is 5.91 Å². The van der Waals surface area contributed by atoms with Gasteiger partial charge in [-0.05, 0) is 51.4 Å². The summed E-state index contributed by atoms with van der Waals surface area (Å²) >= 11 is 0. The van der Waals surface area contributed by atoms with Gasteiger partial charge in [-0.15, -0.1) is 0 Å². The fourth-order valence-corrected chi connectivity index (χ4v) is 9.37. The summed E-state index contributed by atoms with van der Waals surface area (Å²) in [7, 11) is 0. The molecule has 0 saturated heterocycles. The number of rotatable bonds is 55. The molecule has 0 radical (unpaired) electrons. The molecule has 0 saturated carbocycles. The van der Waals surface area contributed by atoms with Gasteiger partial charge in [0.1, 0.15) is 0 Å². The topological polar surface area (TPSA) is 69.6 Å². The molecule has 0 spiro atoms. The molecule has 3 N–H and O–H groups in total. The molecule has 65 heavy (non-hydrogen) atoms. The maximum absolute atomic E-state index is 12.5. The van der Waals surface area contributed by atoms with Crippen molar-refractivity contribution < 1.29 is 15.0 Å². The Balaban J connectivity index is 3.39. The lowest BCUT2D eigenvalue weighted by atomic mass is 10.0. The van der Waals surface area contributed by atoms with Crippen molar-refractivity contribution in [1.29, 1.82) is 0 Å². The standard InChI is InChI=1S/C61H117NO3/c1-3-5-7-9-11-13-15-17-19-21-22-23-24-25-26-27-28-29-30-31-32-33-34-35-36-37-38-39-40-41-43-45-47-49-51-53-55-57-61(65)62-59(58-63)60(64)56-54-52-50-48-46-44-42-20-18-16-14-12-10-8-6-4-2/h15,17,21-22,24-25,59-60,63-64H,3-14,16,18-20,23,26-58H2,1-2H3,(H,62,65)/b17-15-,22-21-,25-24-. The minimum Gasteiger partial charge on any atom is -0.394 e. The Labute approximate surface area is 408 Å². The smallest absolute Gasteiger partial charge is 0.220 e. The van der Waals surface area contributed by atoms with E-state index >= 15 is 0 Å². The molecule has 2 unspecified atom stereocenters. The van der Waals surface area contributed by atoms with E-state index in [0.29, 0.717) is 12.8 Å². The van der Waals surface area contributed by atoms with Crippen LogP contribution in [0.2, 0.25) is 0 Å². The number of aliphatic hydroxyl groups is 2. The second-order valence-electron chi connectivity index (χ2n) is 20.4. The minimum atomic E-state index is -0.657. The van der Waals surface area contributed by atoms with E-state index in [-0.39, 0.29) is 12.5 Å². The van der Waals surface area contributed by atoms with Gasteiger partial charge in [0.15, 0.2) is 0 Å². The maximum atomic E-state index is 12.5. The van der Waals surface area contributed by atoms with Crippen LogP contribution in [0.5, 0.6) is 0 Å². The largest absolute Gasteiger partial charge is 0.394 e. The molecule has 0 aromatic heterocycles. The summed E-state index contributed by atoms with van der Waals surface area (Å²) in [5, 5.41) is 23.3. The average molecular weight is 913 g/mol. The summed E-state index contributed by atoms with van der Waals surface area (Å²) in [6.07, 6.45) is 77.2. The van der Waals surface area contributed by atoms with Gasteiger partial charge in [-0.25, -0.2) is 0 Å². The Hall–Kier alpha value is -1.39. The molecule has 0 bridgehead atoms. The number of carbonyl (C=O) groups excluding carboxylic acids is 1. The van der Waals surface area contributed by atoms with Crippen LogP contribution in [0.4, 0.5) is 0 Å². The fourth-order valence-electron chi connectivity index (χ4n) is 9.37. The van der Waals surface area contributed by atoms with Gasteiger partial charge in [-0.3, -0.25) is 4.79 Å². The SMILES string of the molecule is CCCCCCC/C=C\C/C=C\C/C=C\CCCCCCCCCCCCCCCCCCCCCCCCC(=O)NC(CO)C(O)CCCCCCCCCCCCCCCCCC. The molecular formula is C61H117NO3. The van der Waals surface area contributed by atoms with Crippen LogP contribution < -0.4 is 5.32 Å². The Morgan fingerprint density at radius 3 is 0.938 bits per heavy atom. The van der Waals surface area contributed by atoms with Gasteiger partial charge in [0, 0.05) is 6.42 Å². The Morgan fingerprint density at radius 2 is 0.631 bits per heavy atom. The highest BCUT2D eigenvalue weighted by atomic mass is 16.3. The van der Waals surface area contributed by atoms with E-state index in [9.17, 15) is 15.0 Å². The normalized spacial score (nSPS) is 13.0. The lowest BCUT2D eigenvalue weighted by molar-refractivity contribution is -0.123. The summed E-state index contributed by atoms with van der Waals surface area (Å²) in [5.41, 5.74) is 0. The molecule has 1 amide bonds. The molecule has 0 aliphatic carbocycles. The van der Waals surface area contributed by atoms with Crippen molar-refractivity contribution in [3.05, 3.63) is 36.5 Å². The van der Waals surface area contributed by atoms with Crippen molar-refractivity contribution in [3.8, 4) is 0 Å². The summed E-state index contributed by atoms with van der Waals surface area (Å²) in [6, 6.07) is -0.534. The molecular weight excluding hydrogens is 795 g/mol. The van der Waals surface area contributed by atoms with E-state index in [0.717, 1.165) is 38.5 Å². The number of hydrogen-bond acceptors (Lipinski definition) is 3. The van der Waals surface area contributed by atoms with Crippen LogP contribution in [-0.4, -0.2) is 34.9 Å². The van der Waals surface area contributed by atoms with E-state index in [4.69, 9.17) is 0 Å². The molecule has 384 valence electrons. The van der Waals surface area contributed by atoms with Crippen molar-refractivity contribution >= 4 is 5.91 Å². The highest BCUT2D eigenvalue weighted by Crippen LogP contribution is 2.18. The minimum absolute atomic E-state index is 0.0254. The Kier molecular flexibility index (Phi) is 55.7. The van der Waals surface area contributed by atoms with Crippen molar-refractivity contribution in [2.45, 2.75) is 341 Å². The summed E-state index contributed by atoms with van der Waals surface area (Å²) in [5.74, 6) is -0.0254. The van der Waals surface area contributed by atoms with E-state index in [1.54, 1.807) is 0 Å². The van der Waals surface area contributed by atoms with Gasteiger partial charge >= 0.3 is 0 Å². The van der Waals surface area contributed by atoms with E-state index < -0.39 is 12.1 Å². The highest BCUT2D eigenvalue weighted by Gasteiger charge is 2.20. The predicted molar refractivity (Wildman–Crippen MR) is 290 cm³/mol. The van der Waals surface area contributed by atoms with Crippen LogP contribution in [-0.2, 0) is 4.79 Å². The highest BCUT2D eigenvalue weighted by molar-refractivity contribution is 5.76. The Morgan fingerprint density at radius 1 is 0.369 bits per heavy atom. The first kappa shape index (κ1) is 63.6. The van der Waals surface area contributed by atoms with Crippen LogP contribution in [0, 0.1) is 0 Å². The molecule has 0 aromatic rings. The van der Waals surface area contributed by atoms with E-state index in [1.165, 1.54) is 263 Å². The summed E-state index contributed by atoms with van der Waals surface area (Å²) < 4.78 is 0. The maximum Gasteiger partial charge on any atom is 0.220 e. The second kappa shape index (κ2) is 56.9. The third-order valence-electron chi connectivity index (χ3n) is 13.9. The number of nitrogens with one attached hydrogen (secondary N) is 1.